The molecule has 17 heavy (non-hydrogen) atoms. The van der Waals surface area contributed by atoms with E-state index < -0.39 is 32.1 Å². The Morgan fingerprint density at radius 1 is 1.41 bits per heavy atom. The Balaban J connectivity index is 3.37. The number of hydrogen-bond donors (Lipinski definition) is 2. The van der Waals surface area contributed by atoms with Crippen LogP contribution in [-0.4, -0.2) is 26.3 Å². The molecule has 0 aliphatic carbocycles. The van der Waals surface area contributed by atoms with E-state index >= 15 is 0 Å². The number of aryl methyl sites for hydroxylation is 1. The largest absolute Gasteiger partial charge is 0.505 e. The SMILES string of the molecule is CS(=O)(=O)c1c(F)cc(CCCN)c(O)c1F. The van der Waals surface area contributed by atoms with Crippen LogP contribution in [0.25, 0.3) is 0 Å². The summed E-state index contributed by atoms with van der Waals surface area (Å²) in [5, 5.41) is 9.45. The second kappa shape index (κ2) is 4.97. The van der Waals surface area contributed by atoms with Crippen molar-refractivity contribution in [1.29, 1.82) is 0 Å². The van der Waals surface area contributed by atoms with Gasteiger partial charge in [0, 0.05) is 6.26 Å². The van der Waals surface area contributed by atoms with Gasteiger partial charge >= 0.3 is 0 Å². The number of aromatic hydroxyl groups is 1. The first-order chi connectivity index (χ1) is 7.79. The fraction of sp³-hybridized carbons (Fsp3) is 0.400. The minimum absolute atomic E-state index is 0.0119. The molecule has 0 aliphatic heterocycles. The molecule has 3 N–H and O–H groups in total. The highest BCUT2D eigenvalue weighted by Crippen LogP contribution is 2.30. The number of phenolic OH excluding ortho intramolecular Hbond substituents is 1. The first-order valence-electron chi connectivity index (χ1n) is 4.89. The summed E-state index contributed by atoms with van der Waals surface area (Å²) in [6.45, 7) is 0.302. The Bertz CT molecular complexity index is 529. The van der Waals surface area contributed by atoms with Gasteiger partial charge in [0.15, 0.2) is 21.4 Å². The van der Waals surface area contributed by atoms with Crippen molar-refractivity contribution >= 4 is 9.84 Å². The molecule has 0 fully saturated rings. The van der Waals surface area contributed by atoms with Crippen molar-refractivity contribution in [3.8, 4) is 5.75 Å². The van der Waals surface area contributed by atoms with Gasteiger partial charge in [-0.25, -0.2) is 17.2 Å². The topological polar surface area (TPSA) is 80.4 Å². The quantitative estimate of drug-likeness (QED) is 0.850. The smallest absolute Gasteiger partial charge is 0.186 e. The Morgan fingerprint density at radius 3 is 2.47 bits per heavy atom. The summed E-state index contributed by atoms with van der Waals surface area (Å²) in [6, 6.07) is 0.824. The van der Waals surface area contributed by atoms with Crippen LogP contribution in [0, 0.1) is 11.6 Å². The maximum atomic E-state index is 13.5. The maximum Gasteiger partial charge on any atom is 0.186 e. The summed E-state index contributed by atoms with van der Waals surface area (Å²) in [7, 11) is -4.06. The lowest BCUT2D eigenvalue weighted by molar-refractivity contribution is 0.405. The molecule has 0 unspecified atom stereocenters. The lowest BCUT2D eigenvalue weighted by Gasteiger charge is -2.09. The summed E-state index contributed by atoms with van der Waals surface area (Å²) in [6.07, 6.45) is 1.29. The van der Waals surface area contributed by atoms with Gasteiger partial charge in [0.1, 0.15) is 10.7 Å². The Labute approximate surface area is 98.0 Å². The molecule has 0 heterocycles. The van der Waals surface area contributed by atoms with Crippen LogP contribution < -0.4 is 5.73 Å². The van der Waals surface area contributed by atoms with E-state index in [1.54, 1.807) is 0 Å². The molecule has 0 bridgehead atoms. The molecule has 0 aliphatic rings. The summed E-state index contributed by atoms with van der Waals surface area (Å²) >= 11 is 0. The van der Waals surface area contributed by atoms with Gasteiger partial charge in [0.05, 0.1) is 0 Å². The van der Waals surface area contributed by atoms with Crippen LogP contribution in [0.4, 0.5) is 8.78 Å². The van der Waals surface area contributed by atoms with Gasteiger partial charge in [-0.1, -0.05) is 0 Å². The van der Waals surface area contributed by atoms with Crippen LogP contribution in [0.5, 0.6) is 5.75 Å². The molecule has 1 rings (SSSR count). The molecular weight excluding hydrogens is 252 g/mol. The average molecular weight is 265 g/mol. The van der Waals surface area contributed by atoms with E-state index in [1.165, 1.54) is 0 Å². The van der Waals surface area contributed by atoms with E-state index in [0.29, 0.717) is 19.2 Å². The van der Waals surface area contributed by atoms with Crippen molar-refractivity contribution in [1.82, 2.24) is 0 Å². The third-order valence-electron chi connectivity index (χ3n) is 2.25. The highest BCUT2D eigenvalue weighted by Gasteiger charge is 2.24. The molecule has 0 aromatic heterocycles. The number of rotatable bonds is 4. The molecule has 0 amide bonds. The van der Waals surface area contributed by atoms with Gasteiger partial charge in [-0.2, -0.15) is 0 Å². The highest BCUT2D eigenvalue weighted by molar-refractivity contribution is 7.90. The van der Waals surface area contributed by atoms with Crippen molar-refractivity contribution in [2.24, 2.45) is 5.73 Å². The summed E-state index contributed by atoms with van der Waals surface area (Å²) in [4.78, 5) is -1.11. The van der Waals surface area contributed by atoms with Crippen molar-refractivity contribution in [3.63, 3.8) is 0 Å². The molecule has 0 saturated carbocycles. The van der Waals surface area contributed by atoms with E-state index in [2.05, 4.69) is 0 Å². The minimum Gasteiger partial charge on any atom is -0.505 e. The second-order valence-electron chi connectivity index (χ2n) is 3.67. The van der Waals surface area contributed by atoms with E-state index in [-0.39, 0.29) is 12.0 Å². The molecule has 0 atom stereocenters. The lowest BCUT2D eigenvalue weighted by Crippen LogP contribution is -2.07. The second-order valence-corrected chi connectivity index (χ2v) is 5.63. The van der Waals surface area contributed by atoms with Gasteiger partial charge in [-0.05, 0) is 31.0 Å². The van der Waals surface area contributed by atoms with E-state index in [9.17, 15) is 22.3 Å². The number of sulfone groups is 1. The van der Waals surface area contributed by atoms with Gasteiger partial charge in [-0.15, -0.1) is 0 Å². The van der Waals surface area contributed by atoms with Crippen molar-refractivity contribution in [3.05, 3.63) is 23.3 Å². The molecule has 7 heteroatoms. The minimum atomic E-state index is -4.06. The van der Waals surface area contributed by atoms with Crippen molar-refractivity contribution in [2.45, 2.75) is 17.7 Å². The van der Waals surface area contributed by atoms with Gasteiger partial charge in [0.2, 0.25) is 0 Å². The fourth-order valence-corrected chi connectivity index (χ4v) is 2.30. The molecule has 1 aromatic carbocycles. The third-order valence-corrected chi connectivity index (χ3v) is 3.37. The maximum absolute atomic E-state index is 13.5. The zero-order valence-corrected chi connectivity index (χ0v) is 10.0. The average Bonchev–Trinajstić information content (AvgIpc) is 2.19. The zero-order valence-electron chi connectivity index (χ0n) is 9.20. The predicted octanol–water partition coefficient (Wildman–Crippen LogP) is 0.965. The van der Waals surface area contributed by atoms with E-state index in [0.717, 1.165) is 6.07 Å². The van der Waals surface area contributed by atoms with Crippen LogP contribution in [0.3, 0.4) is 0 Å². The van der Waals surface area contributed by atoms with Crippen molar-refractivity contribution < 1.29 is 22.3 Å². The van der Waals surface area contributed by atoms with E-state index in [1.807, 2.05) is 0 Å². The summed E-state index contributed by atoms with van der Waals surface area (Å²) in [5.74, 6) is -3.48. The number of benzene rings is 1. The standard InChI is InChI=1S/C10H13F2NO3S/c1-17(15,16)10-7(11)5-6(3-2-4-13)9(14)8(10)12/h5,14H,2-4,13H2,1H3. The van der Waals surface area contributed by atoms with Crippen LogP contribution in [0.1, 0.15) is 12.0 Å². The van der Waals surface area contributed by atoms with Gasteiger partial charge < -0.3 is 10.8 Å². The van der Waals surface area contributed by atoms with Crippen molar-refractivity contribution in [2.75, 3.05) is 12.8 Å². The van der Waals surface area contributed by atoms with Gasteiger partial charge in [0.25, 0.3) is 0 Å². The van der Waals surface area contributed by atoms with Crippen LogP contribution in [0.15, 0.2) is 11.0 Å². The van der Waals surface area contributed by atoms with Gasteiger partial charge in [-0.3, -0.25) is 0 Å². The van der Waals surface area contributed by atoms with Crippen LogP contribution in [-0.2, 0) is 16.3 Å². The summed E-state index contributed by atoms with van der Waals surface area (Å²) < 4.78 is 49.3. The van der Waals surface area contributed by atoms with Crippen LogP contribution in [0.2, 0.25) is 0 Å². The monoisotopic (exact) mass is 265 g/mol. The zero-order chi connectivity index (χ0) is 13.2. The molecule has 1 aromatic rings. The number of halogens is 2. The summed E-state index contributed by atoms with van der Waals surface area (Å²) in [5.41, 5.74) is 5.25. The highest BCUT2D eigenvalue weighted by atomic mass is 32.2. The normalized spacial score (nSPS) is 11.8. The third kappa shape index (κ3) is 2.92. The number of hydrogen-bond acceptors (Lipinski definition) is 4. The number of nitrogens with two attached hydrogens (primary N) is 1. The fourth-order valence-electron chi connectivity index (χ4n) is 1.46. The van der Waals surface area contributed by atoms with Crippen LogP contribution >= 0.6 is 0 Å². The Hall–Kier alpha value is -1.21. The number of phenols is 1. The first kappa shape index (κ1) is 13.9. The molecule has 0 spiro atoms. The molecule has 96 valence electrons. The molecule has 4 nitrogen and oxygen atoms in total. The first-order valence-corrected chi connectivity index (χ1v) is 6.78. The molecule has 0 radical (unpaired) electrons. The molecular formula is C10H13F2NO3S. The van der Waals surface area contributed by atoms with E-state index in [4.69, 9.17) is 5.73 Å². The Kier molecular flexibility index (Phi) is 4.05. The predicted molar refractivity (Wildman–Crippen MR) is 58.5 cm³/mol. The Morgan fingerprint density at radius 2 is 2.00 bits per heavy atom. The lowest BCUT2D eigenvalue weighted by atomic mass is 10.1. The molecule has 0 saturated heterocycles.